The van der Waals surface area contributed by atoms with E-state index in [4.69, 9.17) is 0 Å². The van der Waals surface area contributed by atoms with Gasteiger partial charge < -0.3 is 0 Å². The molecule has 2 heterocycles. The molecular formula is C17H38N4. The fourth-order valence-corrected chi connectivity index (χ4v) is 3.64. The monoisotopic (exact) mass is 298 g/mol. The second-order valence-electron chi connectivity index (χ2n) is 6.46. The highest BCUT2D eigenvalue weighted by atomic mass is 15.4. The van der Waals surface area contributed by atoms with Crippen LogP contribution in [0.25, 0.3) is 0 Å². The van der Waals surface area contributed by atoms with E-state index in [0.29, 0.717) is 12.3 Å². The van der Waals surface area contributed by atoms with E-state index in [2.05, 4.69) is 68.3 Å². The highest BCUT2D eigenvalue weighted by Crippen LogP contribution is 2.23. The number of nitrogens with zero attached hydrogens (tertiary/aromatic N) is 4. The van der Waals surface area contributed by atoms with Gasteiger partial charge in [-0.15, -0.1) is 0 Å². The molecule has 0 amide bonds. The summed E-state index contributed by atoms with van der Waals surface area (Å²) in [5.74, 6) is 0. The van der Waals surface area contributed by atoms with E-state index in [9.17, 15) is 0 Å². The zero-order valence-corrected chi connectivity index (χ0v) is 15.5. The van der Waals surface area contributed by atoms with Gasteiger partial charge in [-0.3, -0.25) is 19.6 Å². The van der Waals surface area contributed by atoms with Gasteiger partial charge in [0, 0.05) is 25.7 Å². The Labute approximate surface area is 133 Å². The molecule has 0 bridgehead atoms. The summed E-state index contributed by atoms with van der Waals surface area (Å²) in [6, 6.07) is 0.801. The van der Waals surface area contributed by atoms with Gasteiger partial charge in [-0.1, -0.05) is 27.7 Å². The van der Waals surface area contributed by atoms with Crippen molar-refractivity contribution < 1.29 is 0 Å². The highest BCUT2D eigenvalue weighted by molar-refractivity contribution is 4.87. The van der Waals surface area contributed by atoms with Crippen LogP contribution < -0.4 is 0 Å². The number of hydrogen-bond acceptors (Lipinski definition) is 4. The molecule has 0 aromatic heterocycles. The van der Waals surface area contributed by atoms with Crippen LogP contribution in [0.15, 0.2) is 0 Å². The Bertz CT molecular complexity index is 258. The van der Waals surface area contributed by atoms with Crippen molar-refractivity contribution in [3.8, 4) is 0 Å². The van der Waals surface area contributed by atoms with Crippen LogP contribution in [0.4, 0.5) is 0 Å². The van der Waals surface area contributed by atoms with Crippen molar-refractivity contribution in [2.45, 2.75) is 65.8 Å². The van der Waals surface area contributed by atoms with E-state index in [1.54, 1.807) is 0 Å². The number of hydrogen-bond donors (Lipinski definition) is 0. The van der Waals surface area contributed by atoms with Crippen molar-refractivity contribution in [3.63, 3.8) is 0 Å². The quantitative estimate of drug-likeness (QED) is 0.790. The molecule has 4 heteroatoms. The van der Waals surface area contributed by atoms with E-state index in [-0.39, 0.29) is 0 Å². The summed E-state index contributed by atoms with van der Waals surface area (Å²) in [5.41, 5.74) is 0. The second-order valence-corrected chi connectivity index (χ2v) is 6.46. The summed E-state index contributed by atoms with van der Waals surface area (Å²) in [6.45, 7) is 17.5. The van der Waals surface area contributed by atoms with E-state index in [1.807, 2.05) is 0 Å². The van der Waals surface area contributed by atoms with Crippen molar-refractivity contribution in [2.24, 2.45) is 0 Å². The van der Waals surface area contributed by atoms with Crippen LogP contribution in [0.1, 0.15) is 47.5 Å². The molecule has 126 valence electrons. The zero-order valence-electron chi connectivity index (χ0n) is 15.5. The summed E-state index contributed by atoms with van der Waals surface area (Å²) in [5, 5.41) is 0. The summed E-state index contributed by atoms with van der Waals surface area (Å²) in [6.07, 6.45) is 3.91. The maximum Gasteiger partial charge on any atom is 0.0622 e. The molecule has 0 spiro atoms. The van der Waals surface area contributed by atoms with Gasteiger partial charge in [0.15, 0.2) is 0 Å². The topological polar surface area (TPSA) is 13.0 Å². The molecule has 2 atom stereocenters. The van der Waals surface area contributed by atoms with Gasteiger partial charge in [0.25, 0.3) is 0 Å². The highest BCUT2D eigenvalue weighted by Gasteiger charge is 2.34. The SMILES string of the molecule is CC1N(C)CCN1C.CCC1CN(CC)C(CC)N1CC. The maximum atomic E-state index is 2.66. The first-order valence-electron chi connectivity index (χ1n) is 8.90. The van der Waals surface area contributed by atoms with E-state index in [1.165, 1.54) is 45.6 Å². The predicted molar refractivity (Wildman–Crippen MR) is 92.5 cm³/mol. The van der Waals surface area contributed by atoms with Crippen LogP contribution in [0.3, 0.4) is 0 Å². The summed E-state index contributed by atoms with van der Waals surface area (Å²) >= 11 is 0. The molecule has 2 aliphatic heterocycles. The summed E-state index contributed by atoms with van der Waals surface area (Å²) in [4.78, 5) is 9.96. The Balaban J connectivity index is 0.000000235. The van der Waals surface area contributed by atoms with Crippen molar-refractivity contribution in [1.82, 2.24) is 19.6 Å². The van der Waals surface area contributed by atoms with Crippen LogP contribution in [-0.4, -0.2) is 84.8 Å². The minimum atomic E-state index is 0.648. The Morgan fingerprint density at radius 3 is 1.71 bits per heavy atom. The van der Waals surface area contributed by atoms with Crippen molar-refractivity contribution >= 4 is 0 Å². The molecular weight excluding hydrogens is 260 g/mol. The Kier molecular flexibility index (Phi) is 8.17. The van der Waals surface area contributed by atoms with Crippen LogP contribution in [0.5, 0.6) is 0 Å². The first-order valence-corrected chi connectivity index (χ1v) is 8.90. The van der Waals surface area contributed by atoms with Crippen LogP contribution >= 0.6 is 0 Å². The molecule has 0 aromatic carbocycles. The minimum Gasteiger partial charge on any atom is -0.290 e. The number of rotatable bonds is 4. The van der Waals surface area contributed by atoms with Gasteiger partial charge in [0.05, 0.1) is 12.3 Å². The first-order chi connectivity index (χ1) is 9.99. The Hall–Kier alpha value is -0.160. The molecule has 0 radical (unpaired) electrons. The fraction of sp³-hybridized carbons (Fsp3) is 1.00. The molecule has 4 nitrogen and oxygen atoms in total. The molecule has 2 aliphatic rings. The van der Waals surface area contributed by atoms with Crippen molar-refractivity contribution in [3.05, 3.63) is 0 Å². The molecule has 2 rings (SSSR count). The number of likely N-dealkylation sites (N-methyl/N-ethyl adjacent to an activating group) is 4. The zero-order chi connectivity index (χ0) is 16.0. The van der Waals surface area contributed by atoms with Gasteiger partial charge >= 0.3 is 0 Å². The average molecular weight is 299 g/mol. The average Bonchev–Trinajstić information content (AvgIpc) is 3.01. The van der Waals surface area contributed by atoms with E-state index < -0.39 is 0 Å². The molecule has 0 aromatic rings. The lowest BCUT2D eigenvalue weighted by Gasteiger charge is -2.29. The normalized spacial score (nSPS) is 29.9. The molecule has 21 heavy (non-hydrogen) atoms. The second kappa shape index (κ2) is 9.09. The van der Waals surface area contributed by atoms with Gasteiger partial charge in [-0.2, -0.15) is 0 Å². The van der Waals surface area contributed by atoms with Crippen LogP contribution in [0.2, 0.25) is 0 Å². The predicted octanol–water partition coefficient (Wildman–Crippen LogP) is 2.37. The summed E-state index contributed by atoms with van der Waals surface area (Å²) < 4.78 is 0. The molecule has 2 unspecified atom stereocenters. The van der Waals surface area contributed by atoms with E-state index in [0.717, 1.165) is 6.04 Å². The van der Waals surface area contributed by atoms with Gasteiger partial charge in [0.1, 0.15) is 0 Å². The fourth-order valence-electron chi connectivity index (χ4n) is 3.64. The summed E-state index contributed by atoms with van der Waals surface area (Å²) in [7, 11) is 4.32. The molecule has 0 N–H and O–H groups in total. The Morgan fingerprint density at radius 1 is 0.857 bits per heavy atom. The van der Waals surface area contributed by atoms with Crippen LogP contribution in [-0.2, 0) is 0 Å². The third kappa shape index (κ3) is 4.65. The van der Waals surface area contributed by atoms with Gasteiger partial charge in [-0.05, 0) is 47.0 Å². The molecule has 0 saturated carbocycles. The standard InChI is InChI=1S/C11H24N2.C6H14N2/c1-5-10-9-12(7-3)11(6-2)13(10)8-4;1-6-7(2)4-5-8(6)3/h10-11H,5-9H2,1-4H3;6H,4-5H2,1-3H3. The van der Waals surface area contributed by atoms with Gasteiger partial charge in [0.2, 0.25) is 0 Å². The third-order valence-electron chi connectivity index (χ3n) is 5.41. The minimum absolute atomic E-state index is 0.648. The lowest BCUT2D eigenvalue weighted by atomic mass is 10.2. The van der Waals surface area contributed by atoms with Crippen LogP contribution in [0, 0.1) is 0 Å². The van der Waals surface area contributed by atoms with E-state index >= 15 is 0 Å². The van der Waals surface area contributed by atoms with Crippen molar-refractivity contribution in [1.29, 1.82) is 0 Å². The molecule has 2 saturated heterocycles. The smallest absolute Gasteiger partial charge is 0.0622 e. The third-order valence-corrected chi connectivity index (χ3v) is 5.41. The molecule has 0 aliphatic carbocycles. The van der Waals surface area contributed by atoms with Crippen molar-refractivity contribution in [2.75, 3.05) is 46.8 Å². The van der Waals surface area contributed by atoms with Gasteiger partial charge in [-0.25, -0.2) is 0 Å². The largest absolute Gasteiger partial charge is 0.290 e. The first kappa shape index (κ1) is 18.9. The maximum absolute atomic E-state index is 2.66. The molecule has 2 fully saturated rings. The Morgan fingerprint density at radius 2 is 1.43 bits per heavy atom. The lowest BCUT2D eigenvalue weighted by molar-refractivity contribution is 0.125. The lowest BCUT2D eigenvalue weighted by Crippen LogP contribution is -2.39.